The second-order valence-corrected chi connectivity index (χ2v) is 5.97. The predicted molar refractivity (Wildman–Crippen MR) is 102 cm³/mol. The summed E-state index contributed by atoms with van der Waals surface area (Å²) in [5.41, 5.74) is 3.07. The summed E-state index contributed by atoms with van der Waals surface area (Å²) in [5.74, 6) is 2.27. The quantitative estimate of drug-likeness (QED) is 0.665. The van der Waals surface area contributed by atoms with Crippen molar-refractivity contribution in [1.29, 1.82) is 0 Å². The topological polar surface area (TPSA) is 59.1 Å². The molecule has 0 aliphatic rings. The van der Waals surface area contributed by atoms with Crippen molar-refractivity contribution in [2.45, 2.75) is 13.5 Å². The fraction of sp³-hybridized carbons (Fsp3) is 0.158. The lowest BCUT2D eigenvalue weighted by Crippen LogP contribution is -2.04. The standard InChI is InChI=1S/C19H19ClN4O/c1-13-7-8-15(20)9-16(13)24-19-10-18(22-12-23-19)21-11-14-5-3-4-6-17(14)25-2/h3-10,12H,11H2,1-2H3,(H2,21,22,23,24). The number of aromatic nitrogens is 2. The highest BCUT2D eigenvalue weighted by molar-refractivity contribution is 6.30. The van der Waals surface area contributed by atoms with Crippen LogP contribution in [0.2, 0.25) is 5.02 Å². The maximum Gasteiger partial charge on any atom is 0.135 e. The van der Waals surface area contributed by atoms with Crippen LogP contribution in [-0.4, -0.2) is 17.1 Å². The van der Waals surface area contributed by atoms with Crippen LogP contribution in [0.1, 0.15) is 11.1 Å². The number of ether oxygens (including phenoxy) is 1. The van der Waals surface area contributed by atoms with Crippen LogP contribution in [0.4, 0.5) is 17.3 Å². The lowest BCUT2D eigenvalue weighted by molar-refractivity contribution is 0.410. The van der Waals surface area contributed by atoms with Crippen molar-refractivity contribution in [3.8, 4) is 5.75 Å². The minimum atomic E-state index is 0.608. The van der Waals surface area contributed by atoms with Gasteiger partial charge in [0.05, 0.1) is 7.11 Å². The number of anilines is 3. The number of hydrogen-bond acceptors (Lipinski definition) is 5. The second-order valence-electron chi connectivity index (χ2n) is 5.54. The summed E-state index contributed by atoms with van der Waals surface area (Å²) in [6.07, 6.45) is 1.52. The summed E-state index contributed by atoms with van der Waals surface area (Å²) >= 11 is 6.06. The van der Waals surface area contributed by atoms with Crippen LogP contribution in [0.3, 0.4) is 0 Å². The molecule has 128 valence electrons. The number of aryl methyl sites for hydroxylation is 1. The van der Waals surface area contributed by atoms with Crippen molar-refractivity contribution in [3.63, 3.8) is 0 Å². The van der Waals surface area contributed by atoms with Gasteiger partial charge in [0.25, 0.3) is 0 Å². The molecule has 6 heteroatoms. The summed E-state index contributed by atoms with van der Waals surface area (Å²) in [4.78, 5) is 8.53. The molecule has 3 rings (SSSR count). The van der Waals surface area contributed by atoms with Gasteiger partial charge in [-0.15, -0.1) is 0 Å². The zero-order chi connectivity index (χ0) is 17.6. The third-order valence-corrected chi connectivity index (χ3v) is 4.02. The van der Waals surface area contributed by atoms with Crippen LogP contribution in [0.5, 0.6) is 5.75 Å². The van der Waals surface area contributed by atoms with Gasteiger partial charge in [0.1, 0.15) is 23.7 Å². The maximum atomic E-state index is 6.06. The molecule has 0 spiro atoms. The van der Waals surface area contributed by atoms with Gasteiger partial charge in [-0.2, -0.15) is 0 Å². The van der Waals surface area contributed by atoms with Gasteiger partial charge in [-0.1, -0.05) is 35.9 Å². The van der Waals surface area contributed by atoms with Crippen molar-refractivity contribution in [1.82, 2.24) is 9.97 Å². The van der Waals surface area contributed by atoms with Crippen molar-refractivity contribution >= 4 is 28.9 Å². The number of rotatable bonds is 6. The monoisotopic (exact) mass is 354 g/mol. The van der Waals surface area contributed by atoms with Gasteiger partial charge < -0.3 is 15.4 Å². The molecule has 0 saturated heterocycles. The van der Waals surface area contributed by atoms with Crippen molar-refractivity contribution in [3.05, 3.63) is 71.0 Å². The fourth-order valence-corrected chi connectivity index (χ4v) is 2.60. The van der Waals surface area contributed by atoms with Crippen LogP contribution in [0.15, 0.2) is 54.9 Å². The average molecular weight is 355 g/mol. The van der Waals surface area contributed by atoms with Crippen LogP contribution in [-0.2, 0) is 6.54 Å². The Morgan fingerprint density at radius 1 is 1.04 bits per heavy atom. The minimum absolute atomic E-state index is 0.608. The number of para-hydroxylation sites is 1. The van der Waals surface area contributed by atoms with Crippen LogP contribution < -0.4 is 15.4 Å². The van der Waals surface area contributed by atoms with Gasteiger partial charge in [0.15, 0.2) is 0 Å². The van der Waals surface area contributed by atoms with E-state index < -0.39 is 0 Å². The molecule has 1 heterocycles. The first kappa shape index (κ1) is 17.0. The zero-order valence-corrected chi connectivity index (χ0v) is 14.8. The third kappa shape index (κ3) is 4.39. The smallest absolute Gasteiger partial charge is 0.135 e. The Balaban J connectivity index is 1.72. The molecule has 2 aromatic carbocycles. The van der Waals surface area contributed by atoms with Crippen molar-refractivity contribution in [2.75, 3.05) is 17.7 Å². The van der Waals surface area contributed by atoms with E-state index in [1.165, 1.54) is 6.33 Å². The third-order valence-electron chi connectivity index (χ3n) is 3.78. The molecule has 0 amide bonds. The first-order valence-corrected chi connectivity index (χ1v) is 8.24. The van der Waals surface area contributed by atoms with Gasteiger partial charge in [-0.05, 0) is 30.7 Å². The predicted octanol–water partition coefficient (Wildman–Crippen LogP) is 4.80. The highest BCUT2D eigenvalue weighted by atomic mass is 35.5. The Hall–Kier alpha value is -2.79. The van der Waals surface area contributed by atoms with Crippen LogP contribution >= 0.6 is 11.6 Å². The molecule has 0 radical (unpaired) electrons. The van der Waals surface area contributed by atoms with Crippen molar-refractivity contribution in [2.24, 2.45) is 0 Å². The molecule has 2 N–H and O–H groups in total. The molecule has 0 fully saturated rings. The Labute approximate surface area is 152 Å². The largest absolute Gasteiger partial charge is 0.496 e. The number of hydrogen-bond donors (Lipinski definition) is 2. The average Bonchev–Trinajstić information content (AvgIpc) is 2.63. The molecule has 0 aliphatic carbocycles. The van der Waals surface area contributed by atoms with E-state index in [-0.39, 0.29) is 0 Å². The molecule has 0 atom stereocenters. The van der Waals surface area contributed by atoms with E-state index in [1.807, 2.05) is 55.5 Å². The molecule has 0 saturated carbocycles. The highest BCUT2D eigenvalue weighted by Gasteiger charge is 2.05. The molecule has 1 aromatic heterocycles. The van der Waals surface area contributed by atoms with E-state index in [1.54, 1.807) is 7.11 Å². The molecule has 5 nitrogen and oxygen atoms in total. The van der Waals surface area contributed by atoms with Crippen LogP contribution in [0, 0.1) is 6.92 Å². The lowest BCUT2D eigenvalue weighted by Gasteiger charge is -2.12. The zero-order valence-electron chi connectivity index (χ0n) is 14.1. The van der Waals surface area contributed by atoms with E-state index >= 15 is 0 Å². The summed E-state index contributed by atoms with van der Waals surface area (Å²) < 4.78 is 5.36. The first-order chi connectivity index (χ1) is 12.2. The van der Waals surface area contributed by atoms with Gasteiger partial charge >= 0.3 is 0 Å². The number of halogens is 1. The molecular formula is C19H19ClN4O. The number of nitrogens with one attached hydrogen (secondary N) is 2. The summed E-state index contributed by atoms with van der Waals surface area (Å²) in [7, 11) is 1.67. The number of benzene rings is 2. The Bertz CT molecular complexity index is 870. The maximum absolute atomic E-state index is 6.06. The van der Waals surface area contributed by atoms with E-state index in [4.69, 9.17) is 16.3 Å². The molecule has 3 aromatic rings. The van der Waals surface area contributed by atoms with Gasteiger partial charge in [-0.25, -0.2) is 9.97 Å². The summed E-state index contributed by atoms with van der Waals surface area (Å²) in [6, 6.07) is 15.4. The second kappa shape index (κ2) is 7.85. The Kier molecular flexibility index (Phi) is 5.36. The Morgan fingerprint density at radius 2 is 1.84 bits per heavy atom. The normalized spacial score (nSPS) is 10.4. The van der Waals surface area contributed by atoms with Crippen LogP contribution in [0.25, 0.3) is 0 Å². The highest BCUT2D eigenvalue weighted by Crippen LogP contribution is 2.24. The van der Waals surface area contributed by atoms with Crippen molar-refractivity contribution < 1.29 is 4.74 Å². The Morgan fingerprint density at radius 3 is 2.68 bits per heavy atom. The molecule has 0 unspecified atom stereocenters. The van der Waals surface area contributed by atoms with Gasteiger partial charge in [-0.3, -0.25) is 0 Å². The van der Waals surface area contributed by atoms with Gasteiger partial charge in [0.2, 0.25) is 0 Å². The molecule has 0 bridgehead atoms. The minimum Gasteiger partial charge on any atom is -0.496 e. The number of nitrogens with zero attached hydrogens (tertiary/aromatic N) is 2. The lowest BCUT2D eigenvalue weighted by atomic mass is 10.2. The molecule has 25 heavy (non-hydrogen) atoms. The molecular weight excluding hydrogens is 336 g/mol. The fourth-order valence-electron chi connectivity index (χ4n) is 2.42. The number of methoxy groups -OCH3 is 1. The van der Waals surface area contributed by atoms with E-state index in [0.717, 1.165) is 28.4 Å². The van der Waals surface area contributed by atoms with E-state index in [9.17, 15) is 0 Å². The van der Waals surface area contributed by atoms with Gasteiger partial charge in [0, 0.05) is 28.9 Å². The summed E-state index contributed by atoms with van der Waals surface area (Å²) in [5, 5.41) is 7.24. The van der Waals surface area contributed by atoms with E-state index in [0.29, 0.717) is 17.4 Å². The molecule has 0 aliphatic heterocycles. The van der Waals surface area contributed by atoms with E-state index in [2.05, 4.69) is 20.6 Å². The summed E-state index contributed by atoms with van der Waals surface area (Å²) in [6.45, 7) is 2.62. The first-order valence-electron chi connectivity index (χ1n) is 7.86. The SMILES string of the molecule is COc1ccccc1CNc1cc(Nc2cc(Cl)ccc2C)ncn1.